The zero-order valence-corrected chi connectivity index (χ0v) is 13.1. The number of carboxylic acid groups (broad SMARTS) is 1. The first-order chi connectivity index (χ1) is 9.97. The summed E-state index contributed by atoms with van der Waals surface area (Å²) in [5.74, 6) is 0.970. The van der Waals surface area contributed by atoms with Crippen LogP contribution in [0.4, 0.5) is 5.82 Å². The highest BCUT2D eigenvalue weighted by Crippen LogP contribution is 2.34. The van der Waals surface area contributed by atoms with Gasteiger partial charge in [-0.3, -0.25) is 0 Å². The lowest BCUT2D eigenvalue weighted by Crippen LogP contribution is -2.47. The van der Waals surface area contributed by atoms with E-state index in [9.17, 15) is 9.90 Å². The lowest BCUT2D eigenvalue weighted by molar-refractivity contribution is 0.0696. The van der Waals surface area contributed by atoms with E-state index in [1.54, 1.807) is 0 Å². The third-order valence-electron chi connectivity index (χ3n) is 5.13. The summed E-state index contributed by atoms with van der Waals surface area (Å²) in [5.41, 5.74) is 2.61. The maximum Gasteiger partial charge on any atom is 0.339 e. The van der Waals surface area contributed by atoms with Gasteiger partial charge >= 0.3 is 5.97 Å². The van der Waals surface area contributed by atoms with Gasteiger partial charge in [0, 0.05) is 18.3 Å². The smallest absolute Gasteiger partial charge is 0.339 e. The molecule has 1 fully saturated rings. The number of aromatic nitrogens is 1. The maximum absolute atomic E-state index is 11.7. The second-order valence-corrected chi connectivity index (χ2v) is 6.84. The predicted octanol–water partition coefficient (Wildman–Crippen LogP) is 3.14. The van der Waals surface area contributed by atoms with Crippen LogP contribution in [0.15, 0.2) is 6.07 Å². The zero-order valence-electron chi connectivity index (χ0n) is 13.1. The van der Waals surface area contributed by atoms with Crippen LogP contribution in [0.1, 0.15) is 55.2 Å². The number of rotatable bonds is 2. The van der Waals surface area contributed by atoms with E-state index in [0.29, 0.717) is 29.3 Å². The van der Waals surface area contributed by atoms with Gasteiger partial charge < -0.3 is 10.0 Å². The number of aryl methyl sites for hydroxylation is 2. The van der Waals surface area contributed by atoms with Gasteiger partial charge in [-0.1, -0.05) is 13.8 Å². The third kappa shape index (κ3) is 2.52. The maximum atomic E-state index is 11.7. The summed E-state index contributed by atoms with van der Waals surface area (Å²) in [6.07, 6.45) is 4.24. The fourth-order valence-electron chi connectivity index (χ4n) is 3.83. The van der Waals surface area contributed by atoms with Crippen molar-refractivity contribution in [1.29, 1.82) is 0 Å². The molecule has 0 bridgehead atoms. The highest BCUT2D eigenvalue weighted by Gasteiger charge is 2.33. The lowest BCUT2D eigenvalue weighted by Gasteiger charge is -2.42. The Morgan fingerprint density at radius 3 is 2.81 bits per heavy atom. The van der Waals surface area contributed by atoms with Crippen molar-refractivity contribution < 1.29 is 9.90 Å². The standard InChI is InChI=1S/C17H24N2O2/c1-10-7-11(2)12(3)19(9-10)16-14(17(20)21)8-13-5-4-6-15(13)18-16/h8,10-12H,4-7,9H2,1-3H3,(H,20,21). The van der Waals surface area contributed by atoms with Crippen molar-refractivity contribution >= 4 is 11.8 Å². The highest BCUT2D eigenvalue weighted by atomic mass is 16.4. The second-order valence-electron chi connectivity index (χ2n) is 6.84. The summed E-state index contributed by atoms with van der Waals surface area (Å²) in [6.45, 7) is 7.58. The summed E-state index contributed by atoms with van der Waals surface area (Å²) in [5, 5.41) is 9.58. The largest absolute Gasteiger partial charge is 0.478 e. The molecule has 3 atom stereocenters. The molecular formula is C17H24N2O2. The van der Waals surface area contributed by atoms with Crippen LogP contribution >= 0.6 is 0 Å². The van der Waals surface area contributed by atoms with Crippen molar-refractivity contribution in [2.75, 3.05) is 11.4 Å². The fraction of sp³-hybridized carbons (Fsp3) is 0.647. The van der Waals surface area contributed by atoms with Crippen LogP contribution in [0.5, 0.6) is 0 Å². The van der Waals surface area contributed by atoms with E-state index >= 15 is 0 Å². The summed E-state index contributed by atoms with van der Waals surface area (Å²) in [6, 6.07) is 2.20. The number of carboxylic acids is 1. The Bertz CT molecular complexity index is 570. The molecule has 1 aliphatic heterocycles. The number of hydrogen-bond acceptors (Lipinski definition) is 3. The quantitative estimate of drug-likeness (QED) is 0.908. The van der Waals surface area contributed by atoms with Gasteiger partial charge in [0.2, 0.25) is 0 Å². The minimum Gasteiger partial charge on any atom is -0.478 e. The molecule has 2 aliphatic rings. The molecule has 0 amide bonds. The van der Waals surface area contributed by atoms with E-state index < -0.39 is 5.97 Å². The van der Waals surface area contributed by atoms with Crippen LogP contribution in [0.25, 0.3) is 0 Å². The van der Waals surface area contributed by atoms with Gasteiger partial charge in [0.1, 0.15) is 11.4 Å². The Balaban J connectivity index is 2.06. The lowest BCUT2D eigenvalue weighted by atomic mass is 9.85. The van der Waals surface area contributed by atoms with Crippen LogP contribution in [-0.2, 0) is 12.8 Å². The van der Waals surface area contributed by atoms with E-state index in [1.807, 2.05) is 6.07 Å². The van der Waals surface area contributed by atoms with E-state index in [4.69, 9.17) is 4.98 Å². The molecule has 4 heteroatoms. The average Bonchev–Trinajstić information content (AvgIpc) is 2.88. The Hall–Kier alpha value is -1.58. The van der Waals surface area contributed by atoms with Crippen molar-refractivity contribution in [3.05, 3.63) is 22.9 Å². The predicted molar refractivity (Wildman–Crippen MR) is 83.0 cm³/mol. The SMILES string of the molecule is CC1CC(C)C(C)N(c2nc3c(cc2C(=O)O)CCC3)C1. The van der Waals surface area contributed by atoms with E-state index in [0.717, 1.165) is 37.1 Å². The average molecular weight is 288 g/mol. The Labute approximate surface area is 126 Å². The molecule has 2 heterocycles. The van der Waals surface area contributed by atoms with Crippen LogP contribution < -0.4 is 4.90 Å². The Morgan fingerprint density at radius 2 is 2.10 bits per heavy atom. The van der Waals surface area contributed by atoms with Crippen molar-refractivity contribution in [2.45, 2.75) is 52.5 Å². The first-order valence-corrected chi connectivity index (χ1v) is 8.00. The van der Waals surface area contributed by atoms with Gasteiger partial charge in [-0.25, -0.2) is 9.78 Å². The van der Waals surface area contributed by atoms with Crippen LogP contribution in [0.2, 0.25) is 0 Å². The third-order valence-corrected chi connectivity index (χ3v) is 5.13. The van der Waals surface area contributed by atoms with Crippen molar-refractivity contribution in [3.63, 3.8) is 0 Å². The zero-order chi connectivity index (χ0) is 15.1. The van der Waals surface area contributed by atoms with Gasteiger partial charge in [-0.15, -0.1) is 0 Å². The molecule has 3 rings (SSSR count). The molecule has 1 aromatic heterocycles. The molecular weight excluding hydrogens is 264 g/mol. The number of carbonyl (C=O) groups is 1. The van der Waals surface area contributed by atoms with Crippen LogP contribution in [0.3, 0.4) is 0 Å². The number of piperidine rings is 1. The molecule has 0 spiro atoms. The minimum atomic E-state index is -0.856. The second kappa shape index (κ2) is 5.32. The Kier molecular flexibility index (Phi) is 3.64. The number of nitrogens with zero attached hydrogens (tertiary/aromatic N) is 2. The van der Waals surface area contributed by atoms with E-state index in [1.165, 1.54) is 6.42 Å². The fourth-order valence-corrected chi connectivity index (χ4v) is 3.83. The van der Waals surface area contributed by atoms with Gasteiger partial charge in [0.05, 0.1) is 0 Å². The molecule has 21 heavy (non-hydrogen) atoms. The monoisotopic (exact) mass is 288 g/mol. The highest BCUT2D eigenvalue weighted by molar-refractivity contribution is 5.93. The molecule has 1 N–H and O–H groups in total. The molecule has 4 nitrogen and oxygen atoms in total. The van der Waals surface area contributed by atoms with Crippen molar-refractivity contribution in [1.82, 2.24) is 4.98 Å². The minimum absolute atomic E-state index is 0.339. The number of fused-ring (bicyclic) bond motifs is 1. The van der Waals surface area contributed by atoms with Crippen LogP contribution in [-0.4, -0.2) is 28.6 Å². The molecule has 1 saturated heterocycles. The normalized spacial score (nSPS) is 28.5. The van der Waals surface area contributed by atoms with Gasteiger partial charge in [-0.05, 0) is 56.1 Å². The molecule has 1 aromatic rings. The summed E-state index contributed by atoms with van der Waals surface area (Å²) in [4.78, 5) is 18.7. The van der Waals surface area contributed by atoms with E-state index in [-0.39, 0.29) is 0 Å². The summed E-state index contributed by atoms with van der Waals surface area (Å²) >= 11 is 0. The first kappa shape index (κ1) is 14.4. The Morgan fingerprint density at radius 1 is 1.33 bits per heavy atom. The molecule has 0 saturated carbocycles. The van der Waals surface area contributed by atoms with E-state index in [2.05, 4.69) is 25.7 Å². The van der Waals surface area contributed by atoms with Crippen molar-refractivity contribution in [2.24, 2.45) is 11.8 Å². The number of hydrogen-bond donors (Lipinski definition) is 1. The number of anilines is 1. The van der Waals surface area contributed by atoms with Gasteiger partial charge in [-0.2, -0.15) is 0 Å². The number of pyridine rings is 1. The summed E-state index contributed by atoms with van der Waals surface area (Å²) in [7, 11) is 0. The van der Waals surface area contributed by atoms with Crippen LogP contribution in [0, 0.1) is 11.8 Å². The van der Waals surface area contributed by atoms with Gasteiger partial charge in [0.25, 0.3) is 0 Å². The molecule has 0 radical (unpaired) electrons. The molecule has 114 valence electrons. The molecule has 3 unspecified atom stereocenters. The molecule has 1 aliphatic carbocycles. The summed E-state index contributed by atoms with van der Waals surface area (Å²) < 4.78 is 0. The van der Waals surface area contributed by atoms with Crippen molar-refractivity contribution in [3.8, 4) is 0 Å². The molecule has 0 aromatic carbocycles. The van der Waals surface area contributed by atoms with Gasteiger partial charge in [0.15, 0.2) is 0 Å². The first-order valence-electron chi connectivity index (χ1n) is 8.00. The number of aromatic carboxylic acids is 1. The topological polar surface area (TPSA) is 53.4 Å².